The van der Waals surface area contributed by atoms with Gasteiger partial charge in [0.1, 0.15) is 12.4 Å². The number of H-pyrrole nitrogens is 1. The highest BCUT2D eigenvalue weighted by atomic mass is 16.5. The predicted molar refractivity (Wildman–Crippen MR) is 97.0 cm³/mol. The van der Waals surface area contributed by atoms with Gasteiger partial charge in [-0.15, -0.1) is 0 Å². The number of aromatic amines is 1. The number of nitrogens with one attached hydrogen (secondary N) is 2. The van der Waals surface area contributed by atoms with E-state index >= 15 is 0 Å². The molecule has 3 aromatic rings. The second kappa shape index (κ2) is 7.49. The van der Waals surface area contributed by atoms with E-state index in [1.807, 2.05) is 54.6 Å². The van der Waals surface area contributed by atoms with Crippen molar-refractivity contribution >= 4 is 11.6 Å². The van der Waals surface area contributed by atoms with Crippen LogP contribution in [0.15, 0.2) is 71.7 Å². The van der Waals surface area contributed by atoms with Gasteiger partial charge >= 0.3 is 0 Å². The number of ether oxygens (including phenoxy) is 1. The molecule has 0 atom stereocenters. The average molecular weight is 334 g/mol. The van der Waals surface area contributed by atoms with Crippen LogP contribution in [0.25, 0.3) is 0 Å². The maximum Gasteiger partial charge on any atom is 0.257 e. The van der Waals surface area contributed by atoms with Gasteiger partial charge in [0.25, 0.3) is 5.91 Å². The molecule has 0 saturated heterocycles. The number of para-hydroxylation sites is 1. The van der Waals surface area contributed by atoms with E-state index in [1.165, 1.54) is 12.3 Å². The van der Waals surface area contributed by atoms with Crippen LogP contribution in [0.5, 0.6) is 5.75 Å². The number of aromatic nitrogens is 1. The molecule has 1 amide bonds. The fourth-order valence-electron chi connectivity index (χ4n) is 2.38. The summed E-state index contributed by atoms with van der Waals surface area (Å²) >= 11 is 0. The number of benzene rings is 2. The molecular formula is C20H18N2O3. The van der Waals surface area contributed by atoms with E-state index in [0.717, 1.165) is 11.3 Å². The lowest BCUT2D eigenvalue weighted by Crippen LogP contribution is -2.16. The van der Waals surface area contributed by atoms with E-state index in [4.69, 9.17) is 4.74 Å². The summed E-state index contributed by atoms with van der Waals surface area (Å²) in [6, 6.07) is 18.4. The minimum atomic E-state index is -0.262. The van der Waals surface area contributed by atoms with Crippen LogP contribution in [-0.2, 0) is 6.61 Å². The molecule has 0 unspecified atom stereocenters. The predicted octanol–water partition coefficient (Wildman–Crippen LogP) is 3.51. The van der Waals surface area contributed by atoms with Crippen LogP contribution in [0, 0.1) is 6.92 Å². The Hall–Kier alpha value is -3.34. The minimum absolute atomic E-state index is 0.225. The van der Waals surface area contributed by atoms with Crippen molar-refractivity contribution in [2.24, 2.45) is 0 Å². The highest BCUT2D eigenvalue weighted by Gasteiger charge is 2.09. The number of anilines is 1. The number of hydrogen-bond acceptors (Lipinski definition) is 3. The highest BCUT2D eigenvalue weighted by Crippen LogP contribution is 2.15. The summed E-state index contributed by atoms with van der Waals surface area (Å²) in [5.41, 5.74) is 2.53. The number of amides is 1. The summed E-state index contributed by atoms with van der Waals surface area (Å²) in [7, 11) is 0. The van der Waals surface area contributed by atoms with Gasteiger partial charge in [-0.1, -0.05) is 30.3 Å². The molecule has 0 aliphatic heterocycles. The molecule has 5 heteroatoms. The Labute approximate surface area is 145 Å². The molecule has 0 fully saturated rings. The van der Waals surface area contributed by atoms with Gasteiger partial charge in [-0.3, -0.25) is 9.59 Å². The van der Waals surface area contributed by atoms with Crippen LogP contribution < -0.4 is 15.6 Å². The molecule has 126 valence electrons. The van der Waals surface area contributed by atoms with E-state index in [0.29, 0.717) is 23.4 Å². The smallest absolute Gasteiger partial charge is 0.257 e. The topological polar surface area (TPSA) is 71.2 Å². The van der Waals surface area contributed by atoms with Crippen LogP contribution in [0.4, 0.5) is 5.69 Å². The Morgan fingerprint density at radius 2 is 1.80 bits per heavy atom. The zero-order valence-electron chi connectivity index (χ0n) is 13.8. The van der Waals surface area contributed by atoms with Crippen molar-refractivity contribution in [2.75, 3.05) is 5.32 Å². The first-order valence-corrected chi connectivity index (χ1v) is 7.89. The van der Waals surface area contributed by atoms with Gasteiger partial charge in [0, 0.05) is 18.0 Å². The number of pyridine rings is 1. The highest BCUT2D eigenvalue weighted by molar-refractivity contribution is 6.05. The van der Waals surface area contributed by atoms with E-state index in [-0.39, 0.29) is 11.5 Å². The van der Waals surface area contributed by atoms with Crippen molar-refractivity contribution in [3.63, 3.8) is 0 Å². The molecule has 0 spiro atoms. The second-order valence-electron chi connectivity index (χ2n) is 5.65. The van der Waals surface area contributed by atoms with Crippen molar-refractivity contribution in [1.82, 2.24) is 4.98 Å². The maximum absolute atomic E-state index is 12.3. The van der Waals surface area contributed by atoms with Crippen LogP contribution in [-0.4, -0.2) is 10.9 Å². The summed E-state index contributed by atoms with van der Waals surface area (Å²) in [5, 5.41) is 2.82. The fraction of sp³-hybridized carbons (Fsp3) is 0.100. The first-order valence-electron chi connectivity index (χ1n) is 7.89. The summed E-state index contributed by atoms with van der Waals surface area (Å²) in [6.07, 6.45) is 1.43. The van der Waals surface area contributed by atoms with Gasteiger partial charge in [-0.2, -0.15) is 0 Å². The molecule has 2 aromatic carbocycles. The molecule has 1 aromatic heterocycles. The lowest BCUT2D eigenvalue weighted by atomic mass is 10.1. The summed E-state index contributed by atoms with van der Waals surface area (Å²) in [6.45, 7) is 2.19. The Morgan fingerprint density at radius 3 is 2.48 bits per heavy atom. The van der Waals surface area contributed by atoms with Gasteiger partial charge in [0.2, 0.25) is 5.56 Å². The second-order valence-corrected chi connectivity index (χ2v) is 5.65. The van der Waals surface area contributed by atoms with Gasteiger partial charge in [0.05, 0.1) is 5.56 Å². The number of aryl methyl sites for hydroxylation is 1. The zero-order chi connectivity index (χ0) is 17.6. The molecule has 25 heavy (non-hydrogen) atoms. The monoisotopic (exact) mass is 334 g/mol. The van der Waals surface area contributed by atoms with Crippen LogP contribution in [0.1, 0.15) is 21.5 Å². The molecule has 0 bridgehead atoms. The molecule has 0 aliphatic carbocycles. The molecular weight excluding hydrogens is 316 g/mol. The Kier molecular flexibility index (Phi) is 4.95. The number of carbonyl (C=O) groups is 1. The number of carbonyl (C=O) groups excluding carboxylic acids is 1. The zero-order valence-corrected chi connectivity index (χ0v) is 13.8. The summed E-state index contributed by atoms with van der Waals surface area (Å²) in [5.74, 6) is 0.551. The molecule has 3 rings (SSSR count). The van der Waals surface area contributed by atoms with Gasteiger partial charge in [-0.25, -0.2) is 0 Å². The largest absolute Gasteiger partial charge is 0.489 e. The first-order chi connectivity index (χ1) is 12.1. The van der Waals surface area contributed by atoms with Crippen molar-refractivity contribution in [2.45, 2.75) is 13.5 Å². The van der Waals surface area contributed by atoms with Crippen molar-refractivity contribution in [3.05, 3.63) is 93.9 Å². The Morgan fingerprint density at radius 1 is 1.08 bits per heavy atom. The molecule has 0 aliphatic rings. The maximum atomic E-state index is 12.3. The summed E-state index contributed by atoms with van der Waals surface area (Å²) < 4.78 is 5.69. The van der Waals surface area contributed by atoms with E-state index in [1.54, 1.807) is 6.92 Å². The van der Waals surface area contributed by atoms with Gasteiger partial charge in [0.15, 0.2) is 0 Å². The lowest BCUT2D eigenvalue weighted by Gasteiger charge is -2.09. The summed E-state index contributed by atoms with van der Waals surface area (Å²) in [4.78, 5) is 26.0. The third kappa shape index (κ3) is 4.35. The normalized spacial score (nSPS) is 10.3. The van der Waals surface area contributed by atoms with Crippen molar-refractivity contribution < 1.29 is 9.53 Å². The third-order valence-corrected chi connectivity index (χ3v) is 3.74. The molecule has 0 saturated carbocycles. The van der Waals surface area contributed by atoms with Crippen LogP contribution >= 0.6 is 0 Å². The molecule has 1 heterocycles. The average Bonchev–Trinajstić information content (AvgIpc) is 2.62. The van der Waals surface area contributed by atoms with Crippen molar-refractivity contribution in [3.8, 4) is 5.75 Å². The quantitative estimate of drug-likeness (QED) is 0.750. The van der Waals surface area contributed by atoms with E-state index in [9.17, 15) is 9.59 Å². The molecule has 5 nitrogen and oxygen atoms in total. The van der Waals surface area contributed by atoms with E-state index in [2.05, 4.69) is 10.3 Å². The molecule has 2 N–H and O–H groups in total. The third-order valence-electron chi connectivity index (χ3n) is 3.74. The van der Waals surface area contributed by atoms with Gasteiger partial charge in [-0.05, 0) is 42.3 Å². The standard InChI is InChI=1S/C20H18N2O3/c1-14-11-19(23)21-12-18(14)20(24)22-16-9-7-15(8-10-16)13-25-17-5-3-2-4-6-17/h2-12H,13H2,1H3,(H,21,23)(H,22,24). The molecule has 0 radical (unpaired) electrons. The first kappa shape index (κ1) is 16.5. The lowest BCUT2D eigenvalue weighted by molar-refractivity contribution is 0.102. The SMILES string of the molecule is Cc1cc(=O)[nH]cc1C(=O)Nc1ccc(COc2ccccc2)cc1. The van der Waals surface area contributed by atoms with Crippen LogP contribution in [0.2, 0.25) is 0 Å². The van der Waals surface area contributed by atoms with E-state index < -0.39 is 0 Å². The Bertz CT molecular complexity index is 916. The van der Waals surface area contributed by atoms with Gasteiger partial charge < -0.3 is 15.0 Å². The minimum Gasteiger partial charge on any atom is -0.489 e. The number of hydrogen-bond donors (Lipinski definition) is 2. The fourth-order valence-corrected chi connectivity index (χ4v) is 2.38. The van der Waals surface area contributed by atoms with Crippen molar-refractivity contribution in [1.29, 1.82) is 0 Å². The Balaban J connectivity index is 1.62. The van der Waals surface area contributed by atoms with Crippen LogP contribution in [0.3, 0.4) is 0 Å². The number of rotatable bonds is 5.